The van der Waals surface area contributed by atoms with Crippen molar-refractivity contribution >= 4 is 18.5 Å². The normalized spacial score (nSPS) is 19.6. The standard InChI is InChI=1S/C27H36F2N2O2S/c1-17(32)31-23(13-19-10-20(28)14-21(29)11-19)25(34)16-30-27(5)8-9-33-24-7-6-18(12-22(24)27)15-26(2,3)4/h6-7,10-12,14,23,25,30,34H,8-9,13,15-16H2,1-5H3,(H,31,32)/t23-,25+,27+/m0/s1. The molecule has 2 aromatic rings. The summed E-state index contributed by atoms with van der Waals surface area (Å²) in [5.41, 5.74) is 2.70. The Hall–Kier alpha value is -2.12. The van der Waals surface area contributed by atoms with Crippen LogP contribution in [0.25, 0.3) is 0 Å². The summed E-state index contributed by atoms with van der Waals surface area (Å²) in [7, 11) is 0. The fraction of sp³-hybridized carbons (Fsp3) is 0.519. The molecule has 0 radical (unpaired) electrons. The molecular formula is C27H36F2N2O2S. The predicted molar refractivity (Wildman–Crippen MR) is 136 cm³/mol. The second-order valence-corrected chi connectivity index (χ2v) is 11.4. The van der Waals surface area contributed by atoms with Crippen molar-refractivity contribution in [3.8, 4) is 5.75 Å². The monoisotopic (exact) mass is 490 g/mol. The van der Waals surface area contributed by atoms with Crippen LogP contribution in [0.1, 0.15) is 57.7 Å². The van der Waals surface area contributed by atoms with E-state index in [1.807, 2.05) is 6.07 Å². The highest BCUT2D eigenvalue weighted by Gasteiger charge is 2.34. The third kappa shape index (κ3) is 7.19. The van der Waals surface area contributed by atoms with E-state index < -0.39 is 17.7 Å². The van der Waals surface area contributed by atoms with Gasteiger partial charge in [-0.25, -0.2) is 8.78 Å². The summed E-state index contributed by atoms with van der Waals surface area (Å²) >= 11 is 4.77. The van der Waals surface area contributed by atoms with E-state index in [0.29, 0.717) is 18.7 Å². The predicted octanol–water partition coefficient (Wildman–Crippen LogP) is 5.19. The number of hydrogen-bond acceptors (Lipinski definition) is 4. The molecule has 186 valence electrons. The first kappa shape index (κ1) is 26.5. The van der Waals surface area contributed by atoms with Gasteiger partial charge in [0.2, 0.25) is 5.91 Å². The molecule has 1 aliphatic heterocycles. The Morgan fingerprint density at radius 1 is 1.15 bits per heavy atom. The molecule has 7 heteroatoms. The summed E-state index contributed by atoms with van der Waals surface area (Å²) in [5, 5.41) is 6.27. The molecule has 1 amide bonds. The van der Waals surface area contributed by atoms with Crippen molar-refractivity contribution < 1.29 is 18.3 Å². The average molecular weight is 491 g/mol. The van der Waals surface area contributed by atoms with Gasteiger partial charge in [-0.1, -0.05) is 32.9 Å². The zero-order chi connectivity index (χ0) is 25.1. The first-order chi connectivity index (χ1) is 15.8. The maximum atomic E-state index is 13.7. The molecule has 0 fully saturated rings. The Labute approximate surface area is 207 Å². The third-order valence-corrected chi connectivity index (χ3v) is 6.71. The molecule has 3 atom stereocenters. The topological polar surface area (TPSA) is 50.4 Å². The third-order valence-electron chi connectivity index (χ3n) is 6.16. The highest BCUT2D eigenvalue weighted by atomic mass is 32.1. The lowest BCUT2D eigenvalue weighted by molar-refractivity contribution is -0.119. The van der Waals surface area contributed by atoms with Crippen LogP contribution < -0.4 is 15.4 Å². The maximum absolute atomic E-state index is 13.7. The Balaban J connectivity index is 1.76. The maximum Gasteiger partial charge on any atom is 0.217 e. The molecule has 3 rings (SSSR count). The Morgan fingerprint density at radius 2 is 1.82 bits per heavy atom. The Morgan fingerprint density at radius 3 is 2.44 bits per heavy atom. The van der Waals surface area contributed by atoms with Crippen molar-refractivity contribution in [3.63, 3.8) is 0 Å². The van der Waals surface area contributed by atoms with Crippen molar-refractivity contribution in [1.29, 1.82) is 0 Å². The summed E-state index contributed by atoms with van der Waals surface area (Å²) < 4.78 is 33.3. The van der Waals surface area contributed by atoms with Crippen LogP contribution in [0, 0.1) is 17.0 Å². The molecule has 0 saturated heterocycles. The molecule has 1 heterocycles. The van der Waals surface area contributed by atoms with Crippen LogP contribution in [0.3, 0.4) is 0 Å². The van der Waals surface area contributed by atoms with Crippen LogP contribution in [-0.4, -0.2) is 30.4 Å². The second-order valence-electron chi connectivity index (χ2n) is 10.7. The average Bonchev–Trinajstić information content (AvgIpc) is 2.70. The van der Waals surface area contributed by atoms with Crippen LogP contribution in [-0.2, 0) is 23.2 Å². The van der Waals surface area contributed by atoms with E-state index in [0.717, 1.165) is 30.2 Å². The van der Waals surface area contributed by atoms with Crippen molar-refractivity contribution in [2.45, 2.75) is 70.7 Å². The molecule has 0 aromatic heterocycles. The second kappa shape index (κ2) is 10.6. The number of ether oxygens (including phenoxy) is 1. The van der Waals surface area contributed by atoms with Crippen LogP contribution in [0.4, 0.5) is 8.78 Å². The number of hydrogen-bond donors (Lipinski definition) is 3. The van der Waals surface area contributed by atoms with Crippen molar-refractivity contribution in [2.75, 3.05) is 13.2 Å². The molecule has 0 aliphatic carbocycles. The highest BCUT2D eigenvalue weighted by Crippen LogP contribution is 2.38. The number of carbonyl (C=O) groups is 1. The van der Waals surface area contributed by atoms with Crippen molar-refractivity contribution in [2.24, 2.45) is 5.41 Å². The van der Waals surface area contributed by atoms with Crippen LogP contribution in [0.15, 0.2) is 36.4 Å². The molecule has 0 spiro atoms. The lowest BCUT2D eigenvalue weighted by Crippen LogP contribution is -2.51. The van der Waals surface area contributed by atoms with E-state index in [-0.39, 0.29) is 28.5 Å². The van der Waals surface area contributed by atoms with E-state index >= 15 is 0 Å². The summed E-state index contributed by atoms with van der Waals surface area (Å²) in [6.45, 7) is 11.3. The van der Waals surface area contributed by atoms with Crippen LogP contribution >= 0.6 is 12.6 Å². The molecule has 0 bridgehead atoms. The Bertz CT molecular complexity index is 1000. The lowest BCUT2D eigenvalue weighted by atomic mass is 9.82. The van der Waals surface area contributed by atoms with Crippen LogP contribution in [0.2, 0.25) is 0 Å². The van der Waals surface area contributed by atoms with Gasteiger partial charge in [0.25, 0.3) is 0 Å². The van der Waals surface area contributed by atoms with Gasteiger partial charge < -0.3 is 15.4 Å². The van der Waals surface area contributed by atoms with Gasteiger partial charge >= 0.3 is 0 Å². The van der Waals surface area contributed by atoms with Crippen molar-refractivity contribution in [1.82, 2.24) is 10.6 Å². The highest BCUT2D eigenvalue weighted by molar-refractivity contribution is 7.81. The summed E-state index contributed by atoms with van der Waals surface area (Å²) in [6, 6.07) is 9.42. The Kier molecular flexibility index (Phi) is 8.30. The van der Waals surface area contributed by atoms with Crippen molar-refractivity contribution in [3.05, 3.63) is 64.7 Å². The number of fused-ring (bicyclic) bond motifs is 1. The summed E-state index contributed by atoms with van der Waals surface area (Å²) in [4.78, 5) is 11.8. The van der Waals surface area contributed by atoms with Gasteiger partial charge in [0, 0.05) is 48.3 Å². The number of amides is 1. The molecule has 0 unspecified atom stereocenters. The van der Waals surface area contributed by atoms with Gasteiger partial charge in [0.05, 0.1) is 6.61 Å². The fourth-order valence-electron chi connectivity index (χ4n) is 4.54. The number of nitrogens with one attached hydrogen (secondary N) is 2. The first-order valence-electron chi connectivity index (χ1n) is 11.8. The summed E-state index contributed by atoms with van der Waals surface area (Å²) in [6.07, 6.45) is 2.02. The minimum Gasteiger partial charge on any atom is -0.493 e. The quantitative estimate of drug-likeness (QED) is 0.447. The number of benzene rings is 2. The number of halogens is 2. The van der Waals surface area contributed by atoms with E-state index in [1.54, 1.807) is 0 Å². The number of carbonyl (C=O) groups excluding carboxylic acids is 1. The molecular weight excluding hydrogens is 454 g/mol. The molecule has 1 aliphatic rings. The fourth-order valence-corrected chi connectivity index (χ4v) is 4.81. The van der Waals surface area contributed by atoms with Gasteiger partial charge in [-0.2, -0.15) is 12.6 Å². The smallest absolute Gasteiger partial charge is 0.217 e. The molecule has 34 heavy (non-hydrogen) atoms. The van der Waals surface area contributed by atoms with Gasteiger partial charge in [-0.15, -0.1) is 0 Å². The van der Waals surface area contributed by atoms with E-state index in [4.69, 9.17) is 17.4 Å². The zero-order valence-corrected chi connectivity index (χ0v) is 21.6. The lowest BCUT2D eigenvalue weighted by Gasteiger charge is -2.39. The van der Waals surface area contributed by atoms with Gasteiger partial charge in [0.15, 0.2) is 0 Å². The number of rotatable bonds is 8. The van der Waals surface area contributed by atoms with Gasteiger partial charge in [-0.05, 0) is 54.5 Å². The number of thiol groups is 1. The molecule has 2 aromatic carbocycles. The van der Waals surface area contributed by atoms with E-state index in [2.05, 4.69) is 50.5 Å². The summed E-state index contributed by atoms with van der Waals surface area (Å²) in [5.74, 6) is -0.607. The van der Waals surface area contributed by atoms with E-state index in [1.165, 1.54) is 24.6 Å². The van der Waals surface area contributed by atoms with E-state index in [9.17, 15) is 13.6 Å². The largest absolute Gasteiger partial charge is 0.493 e. The van der Waals surface area contributed by atoms with Gasteiger partial charge in [0.1, 0.15) is 17.4 Å². The van der Waals surface area contributed by atoms with Crippen LogP contribution in [0.5, 0.6) is 5.75 Å². The zero-order valence-electron chi connectivity index (χ0n) is 20.7. The van der Waals surface area contributed by atoms with Gasteiger partial charge in [-0.3, -0.25) is 4.79 Å². The first-order valence-corrected chi connectivity index (χ1v) is 12.3. The minimum atomic E-state index is -0.636. The molecule has 4 nitrogen and oxygen atoms in total. The minimum absolute atomic E-state index is 0.172. The molecule has 2 N–H and O–H groups in total. The SMILES string of the molecule is CC(=O)N[C@@H](Cc1cc(F)cc(F)c1)[C@H](S)CN[C@]1(C)CCOc2ccc(CC(C)(C)C)cc21. The molecule has 0 saturated carbocycles.